The van der Waals surface area contributed by atoms with Crippen molar-refractivity contribution in [3.63, 3.8) is 0 Å². The molecule has 0 spiro atoms. The fraction of sp³-hybridized carbons (Fsp3) is 0.0270. The van der Waals surface area contributed by atoms with Gasteiger partial charge in [0, 0.05) is 66.5 Å². The molecule has 17 rings (SSSR count). The van der Waals surface area contributed by atoms with Crippen LogP contribution >= 0.6 is 0 Å². The van der Waals surface area contributed by atoms with Gasteiger partial charge in [-0.25, -0.2) is 0 Å². The summed E-state index contributed by atoms with van der Waals surface area (Å²) in [5, 5.41) is 12.1. The molecule has 1 aliphatic heterocycles. The minimum Gasteiger partial charge on any atom is -0.483 e. The molecule has 0 saturated heterocycles. The van der Waals surface area contributed by atoms with Gasteiger partial charge in [0.1, 0.15) is 17.4 Å². The van der Waals surface area contributed by atoms with Gasteiger partial charge >= 0.3 is 0 Å². The van der Waals surface area contributed by atoms with Crippen molar-refractivity contribution in [2.45, 2.75) is 12.0 Å². The summed E-state index contributed by atoms with van der Waals surface area (Å²) >= 11 is 0. The molecule has 12 aromatic carbocycles. The van der Waals surface area contributed by atoms with Gasteiger partial charge in [-0.1, -0.05) is 164 Å². The van der Waals surface area contributed by atoms with Crippen LogP contribution in [-0.2, 0) is 0 Å². The van der Waals surface area contributed by atoms with Gasteiger partial charge in [0.15, 0.2) is 5.58 Å². The van der Waals surface area contributed by atoms with Crippen LogP contribution in [0.2, 0.25) is 0 Å². The Bertz CT molecular complexity index is 5030. The number of rotatable bonds is 8. The molecule has 370 valence electrons. The zero-order chi connectivity index (χ0) is 51.7. The maximum Gasteiger partial charge on any atom is 0.159 e. The predicted molar refractivity (Wildman–Crippen MR) is 328 cm³/mol. The zero-order valence-electron chi connectivity index (χ0n) is 42.8. The van der Waals surface area contributed by atoms with E-state index in [0.29, 0.717) is 0 Å². The van der Waals surface area contributed by atoms with Gasteiger partial charge in [0.25, 0.3) is 0 Å². The lowest BCUT2D eigenvalue weighted by atomic mass is 9.89. The second-order valence-corrected chi connectivity index (χ2v) is 21.2. The molecule has 79 heavy (non-hydrogen) atoms. The molecule has 2 atom stereocenters. The molecule has 5 nitrogen and oxygen atoms in total. The highest BCUT2D eigenvalue weighted by Crippen LogP contribution is 2.49. The normalized spacial score (nSPS) is 15.0. The van der Waals surface area contributed by atoms with E-state index in [-0.39, 0.29) is 12.0 Å². The van der Waals surface area contributed by atoms with Crippen LogP contribution in [0, 0.1) is 0 Å². The molecule has 1 aliphatic carbocycles. The molecule has 0 fully saturated rings. The lowest BCUT2D eigenvalue weighted by Crippen LogP contribution is -2.32. The fourth-order valence-electron chi connectivity index (χ4n) is 13.2. The number of hydrogen-bond donors (Lipinski definition) is 0. The molecular formula is C74H47N3O2. The quantitative estimate of drug-likeness (QED) is 0.152. The zero-order valence-corrected chi connectivity index (χ0v) is 42.8. The van der Waals surface area contributed by atoms with Crippen LogP contribution in [0.5, 0.6) is 5.75 Å². The Kier molecular flexibility index (Phi) is 9.47. The van der Waals surface area contributed by atoms with Crippen LogP contribution in [0.25, 0.3) is 104 Å². The summed E-state index contributed by atoms with van der Waals surface area (Å²) in [6.07, 6.45) is 6.54. The monoisotopic (exact) mass is 1010 g/mol. The first-order chi connectivity index (χ1) is 39.1. The molecule has 3 aromatic heterocycles. The van der Waals surface area contributed by atoms with E-state index < -0.39 is 0 Å². The minimum absolute atomic E-state index is 0.139. The average molecular weight is 1010 g/mol. The lowest BCUT2D eigenvalue weighted by Gasteiger charge is -2.34. The molecule has 2 unspecified atom stereocenters. The van der Waals surface area contributed by atoms with Crippen molar-refractivity contribution in [1.82, 2.24) is 4.40 Å². The maximum absolute atomic E-state index is 6.74. The minimum atomic E-state index is -0.139. The Morgan fingerprint density at radius 2 is 0.924 bits per heavy atom. The number of furan rings is 1. The van der Waals surface area contributed by atoms with Crippen LogP contribution in [0.15, 0.2) is 283 Å². The van der Waals surface area contributed by atoms with E-state index in [4.69, 9.17) is 9.15 Å². The number of ether oxygens (including phenoxy) is 1. The first kappa shape index (κ1) is 43.8. The first-order valence-electron chi connectivity index (χ1n) is 27.2. The summed E-state index contributed by atoms with van der Waals surface area (Å²) in [5.74, 6) is 1.10. The SMILES string of the molecule is C1=CC2c3ccccc3OC2C(N(c2ccccc2)c2cccc(-c3ccc4cc5c6cccc7c8cc9ccc(-c%10cccc(N(c%11ccccc%11)c%11cccc%12c%11oc%11ccccc%11%12)c%10)cc9cc8n(c5cc4c3)c67)c2)=C1. The summed E-state index contributed by atoms with van der Waals surface area (Å²) in [7, 11) is 0. The van der Waals surface area contributed by atoms with E-state index >= 15 is 0 Å². The summed E-state index contributed by atoms with van der Waals surface area (Å²) in [5.41, 5.74) is 17.7. The topological polar surface area (TPSA) is 33.3 Å². The fourth-order valence-corrected chi connectivity index (χ4v) is 13.2. The van der Waals surface area contributed by atoms with Crippen LogP contribution in [0.4, 0.5) is 28.4 Å². The van der Waals surface area contributed by atoms with Gasteiger partial charge in [-0.05, 0) is 153 Å². The van der Waals surface area contributed by atoms with E-state index in [1.807, 2.05) is 12.1 Å². The van der Waals surface area contributed by atoms with Gasteiger partial charge in [0.05, 0.1) is 27.9 Å². The van der Waals surface area contributed by atoms with Crippen molar-refractivity contribution >= 4 is 110 Å². The molecule has 0 radical (unpaired) electrons. The molecule has 4 heterocycles. The Morgan fingerprint density at radius 3 is 1.62 bits per heavy atom. The highest BCUT2D eigenvalue weighted by atomic mass is 16.5. The molecule has 2 aliphatic rings. The third kappa shape index (κ3) is 6.76. The van der Waals surface area contributed by atoms with Crippen molar-refractivity contribution in [2.24, 2.45) is 0 Å². The van der Waals surface area contributed by atoms with Crippen molar-refractivity contribution in [3.05, 3.63) is 284 Å². The highest BCUT2D eigenvalue weighted by Gasteiger charge is 2.39. The molecule has 0 amide bonds. The number of allylic oxidation sites excluding steroid dienone is 2. The molecule has 5 heteroatoms. The Hall–Kier alpha value is -10.4. The number of fused-ring (bicyclic) bond motifs is 14. The van der Waals surface area contributed by atoms with Crippen molar-refractivity contribution in [2.75, 3.05) is 9.80 Å². The maximum atomic E-state index is 6.74. The average Bonchev–Trinajstić information content (AvgIpc) is 4.47. The lowest BCUT2D eigenvalue weighted by molar-refractivity contribution is 0.253. The van der Waals surface area contributed by atoms with E-state index in [2.05, 4.69) is 275 Å². The summed E-state index contributed by atoms with van der Waals surface area (Å²) < 4.78 is 15.9. The Morgan fingerprint density at radius 1 is 0.380 bits per heavy atom. The Labute approximate surface area is 455 Å². The summed E-state index contributed by atoms with van der Waals surface area (Å²) in [6.45, 7) is 0. The highest BCUT2D eigenvalue weighted by molar-refractivity contribution is 6.26. The molecule has 0 saturated carbocycles. The van der Waals surface area contributed by atoms with E-state index in [1.165, 1.54) is 70.8 Å². The number of para-hydroxylation sites is 6. The smallest absolute Gasteiger partial charge is 0.159 e. The number of aromatic nitrogens is 1. The van der Waals surface area contributed by atoms with Gasteiger partial charge in [-0.15, -0.1) is 0 Å². The van der Waals surface area contributed by atoms with Gasteiger partial charge in [0.2, 0.25) is 0 Å². The third-order valence-corrected chi connectivity index (χ3v) is 16.8. The third-order valence-electron chi connectivity index (χ3n) is 16.8. The van der Waals surface area contributed by atoms with Crippen LogP contribution in [0.1, 0.15) is 11.5 Å². The van der Waals surface area contributed by atoms with Gasteiger partial charge < -0.3 is 23.4 Å². The largest absolute Gasteiger partial charge is 0.483 e. The molecular weight excluding hydrogens is 963 g/mol. The predicted octanol–water partition coefficient (Wildman–Crippen LogP) is 20.0. The van der Waals surface area contributed by atoms with Gasteiger partial charge in [-0.3, -0.25) is 0 Å². The van der Waals surface area contributed by atoms with Crippen LogP contribution in [0.3, 0.4) is 0 Å². The second-order valence-electron chi connectivity index (χ2n) is 21.2. The van der Waals surface area contributed by atoms with Crippen molar-refractivity contribution < 1.29 is 9.15 Å². The van der Waals surface area contributed by atoms with E-state index in [9.17, 15) is 0 Å². The molecule has 0 bridgehead atoms. The van der Waals surface area contributed by atoms with Crippen molar-refractivity contribution in [3.8, 4) is 28.0 Å². The number of benzene rings is 12. The summed E-state index contributed by atoms with van der Waals surface area (Å²) in [6, 6.07) is 92.6. The van der Waals surface area contributed by atoms with E-state index in [0.717, 1.165) is 78.5 Å². The number of anilines is 5. The number of hydrogen-bond acceptors (Lipinski definition) is 4. The van der Waals surface area contributed by atoms with Crippen molar-refractivity contribution in [1.29, 1.82) is 0 Å². The first-order valence-corrected chi connectivity index (χ1v) is 27.2. The van der Waals surface area contributed by atoms with Crippen LogP contribution < -0.4 is 14.5 Å². The number of nitrogens with zero attached hydrogens (tertiary/aromatic N) is 3. The van der Waals surface area contributed by atoms with E-state index in [1.54, 1.807) is 0 Å². The molecule has 15 aromatic rings. The standard InChI is InChI=1S/C74H47N3O2/c1-3-18-54(19-4-1)75(66-30-14-28-62-58-24-7-9-32-70(58)78-73(62)66)56-22-11-16-46(40-56)48-34-36-50-42-64-60-26-13-27-61-65-43-51-37-35-49(39-53(51)45-69(65)77(72(60)61)68(64)44-52(50)38-48)47-17-12-23-57(41-47)76(55-20-5-2-6-21-55)67-31-15-29-63-59-25-8-10-33-71(59)79-74(63)67/h1-45,62,73H. The summed E-state index contributed by atoms with van der Waals surface area (Å²) in [4.78, 5) is 4.69. The second kappa shape index (κ2) is 17.1. The Balaban J connectivity index is 0.766. The van der Waals surface area contributed by atoms with Crippen LogP contribution in [-0.4, -0.2) is 10.5 Å². The van der Waals surface area contributed by atoms with Gasteiger partial charge in [-0.2, -0.15) is 0 Å². The molecule has 0 N–H and O–H groups in total.